The molecule has 0 aliphatic carbocycles. The first-order valence-corrected chi connectivity index (χ1v) is 5.60. The summed E-state index contributed by atoms with van der Waals surface area (Å²) in [4.78, 5) is 0. The molecule has 0 aliphatic rings. The molecule has 16 heavy (non-hydrogen) atoms. The second kappa shape index (κ2) is 8.38. The third-order valence-electron chi connectivity index (χ3n) is 1.58. The zero-order chi connectivity index (χ0) is 12.4. The fraction of sp³-hybridized carbons (Fsp3) is 0.818. The SMILES string of the molecule is CCOC(=CC(O)(OCC)OCC)OCC. The van der Waals surface area contributed by atoms with Gasteiger partial charge in [0, 0.05) is 13.2 Å². The van der Waals surface area contributed by atoms with E-state index in [1.54, 1.807) is 13.8 Å². The first-order chi connectivity index (χ1) is 7.61. The molecule has 0 saturated heterocycles. The summed E-state index contributed by atoms with van der Waals surface area (Å²) in [6.45, 7) is 8.70. The van der Waals surface area contributed by atoms with Gasteiger partial charge in [0.15, 0.2) is 0 Å². The molecule has 0 amide bonds. The van der Waals surface area contributed by atoms with Gasteiger partial charge >= 0.3 is 5.97 Å². The molecule has 0 unspecified atom stereocenters. The maximum absolute atomic E-state index is 9.95. The maximum Gasteiger partial charge on any atom is 0.309 e. The van der Waals surface area contributed by atoms with Crippen molar-refractivity contribution in [1.82, 2.24) is 0 Å². The first kappa shape index (κ1) is 15.2. The molecule has 0 heterocycles. The van der Waals surface area contributed by atoms with Gasteiger partial charge in [0.25, 0.3) is 5.95 Å². The van der Waals surface area contributed by atoms with Crippen LogP contribution in [0.15, 0.2) is 12.0 Å². The van der Waals surface area contributed by atoms with Crippen LogP contribution in [0.1, 0.15) is 27.7 Å². The lowest BCUT2D eigenvalue weighted by Crippen LogP contribution is -2.34. The van der Waals surface area contributed by atoms with Crippen LogP contribution in [0.25, 0.3) is 0 Å². The Morgan fingerprint density at radius 2 is 1.38 bits per heavy atom. The second-order valence-electron chi connectivity index (χ2n) is 2.83. The van der Waals surface area contributed by atoms with E-state index in [0.29, 0.717) is 26.4 Å². The summed E-state index contributed by atoms with van der Waals surface area (Å²) in [6, 6.07) is 0. The summed E-state index contributed by atoms with van der Waals surface area (Å²) >= 11 is 0. The Kier molecular flexibility index (Phi) is 7.97. The molecule has 5 nitrogen and oxygen atoms in total. The van der Waals surface area contributed by atoms with Gasteiger partial charge in [0.1, 0.15) is 0 Å². The summed E-state index contributed by atoms with van der Waals surface area (Å²) in [5, 5.41) is 9.95. The van der Waals surface area contributed by atoms with Gasteiger partial charge in [-0.3, -0.25) is 0 Å². The molecule has 0 atom stereocenters. The van der Waals surface area contributed by atoms with Crippen LogP contribution < -0.4 is 0 Å². The van der Waals surface area contributed by atoms with E-state index in [9.17, 15) is 5.11 Å². The fourth-order valence-corrected chi connectivity index (χ4v) is 1.10. The standard InChI is InChI=1S/C11H22O5/c1-5-13-10(14-6-2)9-11(12,15-7-3)16-8-4/h9,12H,5-8H2,1-4H3. The van der Waals surface area contributed by atoms with Crippen LogP contribution in [0.5, 0.6) is 0 Å². The van der Waals surface area contributed by atoms with Crippen molar-refractivity contribution in [3.8, 4) is 0 Å². The van der Waals surface area contributed by atoms with Crippen LogP contribution in [0.4, 0.5) is 0 Å². The molecule has 0 aliphatic heterocycles. The molecule has 0 radical (unpaired) electrons. The van der Waals surface area contributed by atoms with Gasteiger partial charge in [-0.2, -0.15) is 0 Å². The van der Waals surface area contributed by atoms with Crippen molar-refractivity contribution in [1.29, 1.82) is 0 Å². The molecule has 1 N–H and O–H groups in total. The number of hydrogen-bond donors (Lipinski definition) is 1. The molecular weight excluding hydrogens is 212 g/mol. The largest absolute Gasteiger partial charge is 0.466 e. The van der Waals surface area contributed by atoms with Gasteiger partial charge in [-0.05, 0) is 27.7 Å². The highest BCUT2D eigenvalue weighted by atomic mass is 16.8. The van der Waals surface area contributed by atoms with E-state index >= 15 is 0 Å². The Labute approximate surface area is 96.9 Å². The normalized spacial score (nSPS) is 11.1. The maximum atomic E-state index is 9.95. The van der Waals surface area contributed by atoms with Crippen molar-refractivity contribution in [2.75, 3.05) is 26.4 Å². The van der Waals surface area contributed by atoms with Crippen molar-refractivity contribution in [2.24, 2.45) is 0 Å². The first-order valence-electron chi connectivity index (χ1n) is 5.60. The third kappa shape index (κ3) is 5.95. The van der Waals surface area contributed by atoms with E-state index in [1.807, 2.05) is 13.8 Å². The highest BCUT2D eigenvalue weighted by Crippen LogP contribution is 2.15. The van der Waals surface area contributed by atoms with Crippen LogP contribution in [0, 0.1) is 0 Å². The van der Waals surface area contributed by atoms with Gasteiger partial charge in [0.2, 0.25) is 0 Å². The fourth-order valence-electron chi connectivity index (χ4n) is 1.10. The molecule has 0 bridgehead atoms. The highest BCUT2D eigenvalue weighted by Gasteiger charge is 2.27. The van der Waals surface area contributed by atoms with E-state index in [-0.39, 0.29) is 5.95 Å². The van der Waals surface area contributed by atoms with Gasteiger partial charge in [-0.25, -0.2) is 0 Å². The van der Waals surface area contributed by atoms with E-state index < -0.39 is 5.97 Å². The molecule has 0 saturated carbocycles. The van der Waals surface area contributed by atoms with Gasteiger partial charge < -0.3 is 24.1 Å². The van der Waals surface area contributed by atoms with Crippen molar-refractivity contribution >= 4 is 0 Å². The Balaban J connectivity index is 4.66. The molecule has 0 fully saturated rings. The van der Waals surface area contributed by atoms with E-state index in [4.69, 9.17) is 18.9 Å². The molecule has 0 spiro atoms. The Hall–Kier alpha value is -0.780. The number of aliphatic hydroxyl groups is 1. The van der Waals surface area contributed by atoms with Gasteiger partial charge in [-0.1, -0.05) is 0 Å². The van der Waals surface area contributed by atoms with Crippen LogP contribution in [-0.4, -0.2) is 37.5 Å². The predicted octanol–water partition coefficient (Wildman–Crippen LogP) is 1.62. The molecule has 0 aromatic heterocycles. The molecule has 0 aromatic carbocycles. The quantitative estimate of drug-likeness (QED) is 0.485. The Morgan fingerprint density at radius 3 is 1.69 bits per heavy atom. The Bertz CT molecular complexity index is 189. The van der Waals surface area contributed by atoms with Gasteiger partial charge in [0.05, 0.1) is 19.3 Å². The topological polar surface area (TPSA) is 57.2 Å². The molecule has 0 aromatic rings. The van der Waals surface area contributed by atoms with Crippen LogP contribution in [0.2, 0.25) is 0 Å². The van der Waals surface area contributed by atoms with Crippen molar-refractivity contribution < 1.29 is 24.1 Å². The van der Waals surface area contributed by atoms with Gasteiger partial charge in [-0.15, -0.1) is 0 Å². The summed E-state index contributed by atoms with van der Waals surface area (Å²) in [6.07, 6.45) is 1.28. The van der Waals surface area contributed by atoms with Crippen molar-refractivity contribution in [2.45, 2.75) is 33.7 Å². The lowest BCUT2D eigenvalue weighted by atomic mass is 10.5. The predicted molar refractivity (Wildman–Crippen MR) is 59.5 cm³/mol. The number of rotatable bonds is 9. The van der Waals surface area contributed by atoms with Crippen LogP contribution in [-0.2, 0) is 18.9 Å². The lowest BCUT2D eigenvalue weighted by molar-refractivity contribution is -0.326. The van der Waals surface area contributed by atoms with Crippen molar-refractivity contribution in [3.63, 3.8) is 0 Å². The van der Waals surface area contributed by atoms with Crippen LogP contribution in [0.3, 0.4) is 0 Å². The minimum absolute atomic E-state index is 0.203. The monoisotopic (exact) mass is 234 g/mol. The molecule has 0 rings (SSSR count). The third-order valence-corrected chi connectivity index (χ3v) is 1.58. The highest BCUT2D eigenvalue weighted by molar-refractivity contribution is 4.92. The van der Waals surface area contributed by atoms with E-state index in [1.165, 1.54) is 6.08 Å². The smallest absolute Gasteiger partial charge is 0.309 e. The summed E-state index contributed by atoms with van der Waals surface area (Å²) < 4.78 is 20.6. The summed E-state index contributed by atoms with van der Waals surface area (Å²) in [7, 11) is 0. The Morgan fingerprint density at radius 1 is 0.938 bits per heavy atom. The summed E-state index contributed by atoms with van der Waals surface area (Å²) in [5.74, 6) is -1.59. The zero-order valence-corrected chi connectivity index (χ0v) is 10.5. The van der Waals surface area contributed by atoms with E-state index in [0.717, 1.165) is 0 Å². The van der Waals surface area contributed by atoms with Crippen LogP contribution >= 0.6 is 0 Å². The molecule has 96 valence electrons. The summed E-state index contributed by atoms with van der Waals surface area (Å²) in [5.41, 5.74) is 0. The molecule has 5 heteroatoms. The minimum Gasteiger partial charge on any atom is -0.466 e. The number of ether oxygens (including phenoxy) is 4. The molecular formula is C11H22O5. The minimum atomic E-state index is -1.79. The van der Waals surface area contributed by atoms with E-state index in [2.05, 4.69) is 0 Å². The lowest BCUT2D eigenvalue weighted by Gasteiger charge is -2.24. The average Bonchev–Trinajstić information content (AvgIpc) is 2.18. The van der Waals surface area contributed by atoms with Crippen molar-refractivity contribution in [3.05, 3.63) is 12.0 Å². The second-order valence-corrected chi connectivity index (χ2v) is 2.83. The number of hydrogen-bond acceptors (Lipinski definition) is 5. The zero-order valence-electron chi connectivity index (χ0n) is 10.5. The average molecular weight is 234 g/mol.